The molecule has 1 unspecified atom stereocenters. The van der Waals surface area contributed by atoms with Crippen molar-refractivity contribution in [2.75, 3.05) is 49.4 Å². The predicted molar refractivity (Wildman–Crippen MR) is 85.3 cm³/mol. The Kier molecular flexibility index (Phi) is 5.51. The fraction of sp³-hybridized carbons (Fsp3) is 0.769. The van der Waals surface area contributed by atoms with E-state index in [1.807, 2.05) is 0 Å². The van der Waals surface area contributed by atoms with E-state index >= 15 is 0 Å². The van der Waals surface area contributed by atoms with Crippen LogP contribution in [0.15, 0.2) is 0 Å². The SMILES string of the molecule is CC(CCN(C)C)Nc1nc(NN)nc(N2CCCC2)n1. The third kappa shape index (κ3) is 4.68. The van der Waals surface area contributed by atoms with Gasteiger partial charge < -0.3 is 15.1 Å². The number of hydrogen-bond donors (Lipinski definition) is 3. The van der Waals surface area contributed by atoms with Crippen LogP contribution in [0.25, 0.3) is 0 Å². The largest absolute Gasteiger partial charge is 0.352 e. The Morgan fingerprint density at radius 2 is 1.86 bits per heavy atom. The number of aromatic nitrogens is 3. The first kappa shape index (κ1) is 15.7. The normalized spacial score (nSPS) is 16.3. The van der Waals surface area contributed by atoms with Crippen molar-refractivity contribution in [2.45, 2.75) is 32.2 Å². The van der Waals surface area contributed by atoms with Crippen molar-refractivity contribution < 1.29 is 0 Å². The molecule has 1 aromatic heterocycles. The molecule has 1 aromatic rings. The van der Waals surface area contributed by atoms with E-state index in [0.29, 0.717) is 17.8 Å². The molecule has 1 saturated heterocycles. The highest BCUT2D eigenvalue weighted by atomic mass is 15.4. The van der Waals surface area contributed by atoms with E-state index in [2.05, 4.69) is 56.5 Å². The molecule has 1 atom stereocenters. The van der Waals surface area contributed by atoms with Crippen molar-refractivity contribution in [3.05, 3.63) is 0 Å². The summed E-state index contributed by atoms with van der Waals surface area (Å²) in [5.41, 5.74) is 2.52. The fourth-order valence-electron chi connectivity index (χ4n) is 2.30. The molecule has 118 valence electrons. The van der Waals surface area contributed by atoms with E-state index < -0.39 is 0 Å². The molecule has 2 rings (SSSR count). The number of nitrogen functional groups attached to an aromatic ring is 1. The minimum absolute atomic E-state index is 0.284. The van der Waals surface area contributed by atoms with E-state index in [1.54, 1.807) is 0 Å². The van der Waals surface area contributed by atoms with Gasteiger partial charge in [0.1, 0.15) is 0 Å². The zero-order valence-electron chi connectivity index (χ0n) is 13.1. The minimum Gasteiger partial charge on any atom is -0.352 e. The second-order valence-electron chi connectivity index (χ2n) is 5.76. The average molecular weight is 294 g/mol. The van der Waals surface area contributed by atoms with Gasteiger partial charge in [-0.3, -0.25) is 5.43 Å². The number of nitrogens with two attached hydrogens (primary N) is 1. The monoisotopic (exact) mass is 294 g/mol. The van der Waals surface area contributed by atoms with Gasteiger partial charge in [0.2, 0.25) is 17.8 Å². The third-order valence-electron chi connectivity index (χ3n) is 3.53. The molecule has 0 amide bonds. The van der Waals surface area contributed by atoms with Gasteiger partial charge in [-0.2, -0.15) is 15.0 Å². The molecule has 8 heteroatoms. The zero-order valence-corrected chi connectivity index (χ0v) is 13.1. The molecular weight excluding hydrogens is 268 g/mol. The first-order valence-corrected chi connectivity index (χ1v) is 7.47. The topological polar surface area (TPSA) is 95.2 Å². The molecule has 4 N–H and O–H groups in total. The lowest BCUT2D eigenvalue weighted by Gasteiger charge is -2.19. The lowest BCUT2D eigenvalue weighted by Crippen LogP contribution is -2.26. The van der Waals surface area contributed by atoms with Gasteiger partial charge in [-0.1, -0.05) is 0 Å². The summed E-state index contributed by atoms with van der Waals surface area (Å²) in [7, 11) is 4.13. The Morgan fingerprint density at radius 3 is 2.48 bits per heavy atom. The lowest BCUT2D eigenvalue weighted by atomic mass is 10.2. The summed E-state index contributed by atoms with van der Waals surface area (Å²) in [6.07, 6.45) is 3.38. The van der Waals surface area contributed by atoms with Crippen LogP contribution in [-0.4, -0.2) is 59.6 Å². The van der Waals surface area contributed by atoms with E-state index in [-0.39, 0.29) is 6.04 Å². The maximum absolute atomic E-state index is 5.46. The highest BCUT2D eigenvalue weighted by Gasteiger charge is 2.17. The van der Waals surface area contributed by atoms with Gasteiger partial charge >= 0.3 is 0 Å². The number of nitrogens with one attached hydrogen (secondary N) is 2. The van der Waals surface area contributed by atoms with Crippen molar-refractivity contribution in [1.82, 2.24) is 19.9 Å². The molecule has 21 heavy (non-hydrogen) atoms. The van der Waals surface area contributed by atoms with Crippen molar-refractivity contribution in [1.29, 1.82) is 0 Å². The molecule has 0 aliphatic carbocycles. The highest BCUT2D eigenvalue weighted by molar-refractivity contribution is 5.44. The van der Waals surface area contributed by atoms with Crippen LogP contribution in [0.5, 0.6) is 0 Å². The van der Waals surface area contributed by atoms with Crippen molar-refractivity contribution in [3.8, 4) is 0 Å². The van der Waals surface area contributed by atoms with Crippen molar-refractivity contribution in [2.24, 2.45) is 5.84 Å². The number of nitrogens with zero attached hydrogens (tertiary/aromatic N) is 5. The first-order chi connectivity index (χ1) is 10.1. The van der Waals surface area contributed by atoms with Crippen LogP contribution >= 0.6 is 0 Å². The molecular formula is C13H26N8. The van der Waals surface area contributed by atoms with Gasteiger partial charge in [0, 0.05) is 19.1 Å². The van der Waals surface area contributed by atoms with Crippen LogP contribution in [0.1, 0.15) is 26.2 Å². The van der Waals surface area contributed by atoms with Crippen molar-refractivity contribution >= 4 is 17.8 Å². The summed E-state index contributed by atoms with van der Waals surface area (Å²) in [6.45, 7) is 5.12. The van der Waals surface area contributed by atoms with E-state index in [1.165, 1.54) is 12.8 Å². The molecule has 0 saturated carbocycles. The van der Waals surface area contributed by atoms with Gasteiger partial charge in [0.15, 0.2) is 0 Å². The van der Waals surface area contributed by atoms with Gasteiger partial charge in [0.05, 0.1) is 0 Å². The average Bonchev–Trinajstić information content (AvgIpc) is 2.99. The van der Waals surface area contributed by atoms with Gasteiger partial charge in [0.25, 0.3) is 0 Å². The van der Waals surface area contributed by atoms with Crippen LogP contribution in [0.2, 0.25) is 0 Å². The minimum atomic E-state index is 0.284. The maximum atomic E-state index is 5.46. The van der Waals surface area contributed by atoms with Crippen LogP contribution < -0.4 is 21.5 Å². The molecule has 0 aromatic carbocycles. The third-order valence-corrected chi connectivity index (χ3v) is 3.53. The number of anilines is 3. The zero-order chi connectivity index (χ0) is 15.2. The Labute approximate surface area is 126 Å². The predicted octanol–water partition coefficient (Wildman–Crippen LogP) is 0.510. The summed E-state index contributed by atoms with van der Waals surface area (Å²) in [6, 6.07) is 0.284. The summed E-state index contributed by atoms with van der Waals surface area (Å²) in [4.78, 5) is 17.5. The number of hydrogen-bond acceptors (Lipinski definition) is 8. The maximum Gasteiger partial charge on any atom is 0.243 e. The highest BCUT2D eigenvalue weighted by Crippen LogP contribution is 2.18. The first-order valence-electron chi connectivity index (χ1n) is 7.47. The fourth-order valence-corrected chi connectivity index (χ4v) is 2.30. The molecule has 1 aliphatic heterocycles. The van der Waals surface area contributed by atoms with Crippen LogP contribution in [0.3, 0.4) is 0 Å². The molecule has 1 fully saturated rings. The second kappa shape index (κ2) is 7.37. The molecule has 2 heterocycles. The summed E-state index contributed by atoms with van der Waals surface area (Å²) >= 11 is 0. The van der Waals surface area contributed by atoms with Gasteiger partial charge in [-0.15, -0.1) is 0 Å². The van der Waals surface area contributed by atoms with Crippen LogP contribution in [-0.2, 0) is 0 Å². The summed E-state index contributed by atoms with van der Waals surface area (Å²) in [5.74, 6) is 7.12. The molecule has 0 radical (unpaired) electrons. The van der Waals surface area contributed by atoms with Crippen LogP contribution in [0, 0.1) is 0 Å². The lowest BCUT2D eigenvalue weighted by molar-refractivity contribution is 0.390. The van der Waals surface area contributed by atoms with E-state index in [0.717, 1.165) is 26.1 Å². The standard InChI is InChI=1S/C13H26N8/c1-10(6-9-20(2)3)15-11-16-12(19-14)18-13(17-11)21-7-4-5-8-21/h10H,4-9,14H2,1-3H3,(H2,15,16,17,18,19). The Morgan fingerprint density at radius 1 is 1.19 bits per heavy atom. The Hall–Kier alpha value is -1.67. The second-order valence-corrected chi connectivity index (χ2v) is 5.76. The molecule has 8 nitrogen and oxygen atoms in total. The quantitative estimate of drug-likeness (QED) is 0.494. The number of hydrazine groups is 1. The van der Waals surface area contributed by atoms with Gasteiger partial charge in [-0.05, 0) is 46.8 Å². The van der Waals surface area contributed by atoms with Gasteiger partial charge in [-0.25, -0.2) is 5.84 Å². The van der Waals surface area contributed by atoms with E-state index in [9.17, 15) is 0 Å². The Bertz CT molecular complexity index is 444. The Balaban J connectivity index is 2.05. The number of rotatable bonds is 7. The smallest absolute Gasteiger partial charge is 0.243 e. The molecule has 1 aliphatic rings. The molecule has 0 spiro atoms. The van der Waals surface area contributed by atoms with Crippen molar-refractivity contribution in [3.63, 3.8) is 0 Å². The summed E-state index contributed by atoms with van der Waals surface area (Å²) < 4.78 is 0. The van der Waals surface area contributed by atoms with Crippen LogP contribution in [0.4, 0.5) is 17.8 Å². The molecule has 0 bridgehead atoms. The van der Waals surface area contributed by atoms with E-state index in [4.69, 9.17) is 5.84 Å². The summed E-state index contributed by atoms with van der Waals surface area (Å²) in [5, 5.41) is 3.32.